The molecule has 0 atom stereocenters. The molecular weight excluding hydrogens is 1380 g/mol. The van der Waals surface area contributed by atoms with E-state index in [1.54, 1.807) is 0 Å². The molecule has 1 saturated heterocycles. The molecule has 19 rings (SSSR count). The third kappa shape index (κ3) is 14.2. The van der Waals surface area contributed by atoms with Gasteiger partial charge in [0.05, 0.1) is 11.2 Å². The fourth-order valence-corrected chi connectivity index (χ4v) is 16.7. The standard InChI is InChI=1S/C45H29N3S.C30H27BO2S.C21H14ClN3/c1-4-14-30(15-5-1)33-20-10-21-34(28-33)37-24-12-26-39-40-27-13-25-38(42(40)49-41(37)39)35-22-11-23-36(29-35)45-47-43(31-16-6-2-7-17-31)46-44(48-45)32-18-8-3-9-19-32;1-29(2)30(3,4)33-31(32-29)26-18-10-17-25-24-16-9-15-23(27(24)34-28(25)26)22-14-8-13-21(19-22)20-11-6-5-7-12-20;22-18-13-7-12-17(14-18)21-24-19(15-8-3-1-4-9-15)23-20(25-21)16-10-5-2-6-11-16/h1-29H;5-19H,1-4H3;1-14H. The lowest BCUT2D eigenvalue weighted by molar-refractivity contribution is 0.00578. The van der Waals surface area contributed by atoms with Gasteiger partial charge in [-0.25, -0.2) is 29.9 Å². The molecule has 0 spiro atoms. The van der Waals surface area contributed by atoms with Crippen LogP contribution in [-0.2, 0) is 9.31 Å². The van der Waals surface area contributed by atoms with Gasteiger partial charge in [0.15, 0.2) is 34.9 Å². The van der Waals surface area contributed by atoms with Gasteiger partial charge in [-0.1, -0.05) is 333 Å². The molecule has 108 heavy (non-hydrogen) atoms. The zero-order valence-electron chi connectivity index (χ0n) is 59.8. The van der Waals surface area contributed by atoms with E-state index in [-0.39, 0.29) is 18.3 Å². The molecule has 18 aromatic rings. The molecule has 4 aromatic heterocycles. The molecular formula is C96H70BClN6O2S2. The number of hydrogen-bond donors (Lipinski definition) is 0. The fourth-order valence-electron chi connectivity index (χ4n) is 13.8. The third-order valence-corrected chi connectivity index (χ3v) is 22.9. The van der Waals surface area contributed by atoms with E-state index in [1.165, 1.54) is 90.4 Å². The maximum absolute atomic E-state index is 6.42. The monoisotopic (exact) mass is 1450 g/mol. The molecule has 1 aliphatic rings. The van der Waals surface area contributed by atoms with Crippen LogP contribution in [0.4, 0.5) is 0 Å². The highest BCUT2D eigenvalue weighted by molar-refractivity contribution is 7.27. The predicted octanol–water partition coefficient (Wildman–Crippen LogP) is 25.5. The van der Waals surface area contributed by atoms with Crippen LogP contribution in [0.25, 0.3) is 164 Å². The van der Waals surface area contributed by atoms with Gasteiger partial charge in [0.1, 0.15) is 0 Å². The van der Waals surface area contributed by atoms with Crippen molar-refractivity contribution >= 4 is 87.2 Å². The number of benzene rings is 14. The van der Waals surface area contributed by atoms with Crippen molar-refractivity contribution in [2.45, 2.75) is 38.9 Å². The molecule has 0 amide bonds. The van der Waals surface area contributed by atoms with Gasteiger partial charge in [0, 0.05) is 78.8 Å². The summed E-state index contributed by atoms with van der Waals surface area (Å²) >= 11 is 9.84. The first-order valence-electron chi connectivity index (χ1n) is 36.1. The van der Waals surface area contributed by atoms with Crippen LogP contribution in [0, 0.1) is 0 Å². The average Bonchev–Trinajstić information content (AvgIpc) is 1.58. The summed E-state index contributed by atoms with van der Waals surface area (Å²) in [6.07, 6.45) is 0. The SMILES string of the molecule is CC1(C)OB(c2cccc3c2sc2c(-c4cccc(-c5ccccc5)c4)cccc23)OC1(C)C.Clc1cccc(-c2nc(-c3ccccc3)nc(-c3ccccc3)n2)c1.c1ccc(-c2cccc(-c3cccc4c3sc3c(-c5cccc(-c6nc(-c7ccccc7)nc(-c7ccccc7)n6)c5)cccc34)c2)cc1. The highest BCUT2D eigenvalue weighted by Gasteiger charge is 2.52. The summed E-state index contributed by atoms with van der Waals surface area (Å²) in [5.74, 6) is 3.86. The zero-order chi connectivity index (χ0) is 73.1. The van der Waals surface area contributed by atoms with Crippen LogP contribution < -0.4 is 5.46 Å². The maximum atomic E-state index is 6.42. The lowest BCUT2D eigenvalue weighted by Crippen LogP contribution is -2.41. The molecule has 14 aromatic carbocycles. The van der Waals surface area contributed by atoms with Gasteiger partial charge < -0.3 is 9.31 Å². The Bertz CT molecular complexity index is 6150. The van der Waals surface area contributed by atoms with Crippen LogP contribution in [0.2, 0.25) is 5.02 Å². The molecule has 0 unspecified atom stereocenters. The number of fused-ring (bicyclic) bond motifs is 6. The molecule has 8 nitrogen and oxygen atoms in total. The molecule has 1 fully saturated rings. The quantitative estimate of drug-likeness (QED) is 0.112. The van der Waals surface area contributed by atoms with Crippen LogP contribution in [-0.4, -0.2) is 48.2 Å². The number of hydrogen-bond acceptors (Lipinski definition) is 10. The van der Waals surface area contributed by atoms with Gasteiger partial charge in [0.25, 0.3) is 0 Å². The smallest absolute Gasteiger partial charge is 0.399 e. The first-order chi connectivity index (χ1) is 52.9. The van der Waals surface area contributed by atoms with Crippen LogP contribution in [0.15, 0.2) is 352 Å². The van der Waals surface area contributed by atoms with E-state index in [9.17, 15) is 0 Å². The Balaban J connectivity index is 0.000000126. The summed E-state index contributed by atoms with van der Waals surface area (Å²) in [5.41, 5.74) is 18.2. The van der Waals surface area contributed by atoms with Crippen molar-refractivity contribution in [3.63, 3.8) is 0 Å². The molecule has 0 radical (unpaired) electrons. The van der Waals surface area contributed by atoms with Crippen LogP contribution >= 0.6 is 34.3 Å². The van der Waals surface area contributed by atoms with E-state index < -0.39 is 0 Å². The second-order valence-electron chi connectivity index (χ2n) is 27.6. The predicted molar refractivity (Wildman–Crippen MR) is 452 cm³/mol. The maximum Gasteiger partial charge on any atom is 0.496 e. The van der Waals surface area contributed by atoms with Gasteiger partial charge in [-0.05, 0) is 119 Å². The first-order valence-corrected chi connectivity index (χ1v) is 38.1. The lowest BCUT2D eigenvalue weighted by Gasteiger charge is -2.32. The number of nitrogens with zero attached hydrogens (tertiary/aromatic N) is 6. The highest BCUT2D eigenvalue weighted by atomic mass is 35.5. The highest BCUT2D eigenvalue weighted by Crippen LogP contribution is 2.46. The zero-order valence-corrected chi connectivity index (χ0v) is 62.1. The summed E-state index contributed by atoms with van der Waals surface area (Å²) in [4.78, 5) is 28.8. The van der Waals surface area contributed by atoms with Crippen molar-refractivity contribution in [2.75, 3.05) is 0 Å². The second kappa shape index (κ2) is 30.0. The molecule has 12 heteroatoms. The van der Waals surface area contributed by atoms with E-state index >= 15 is 0 Å². The van der Waals surface area contributed by atoms with E-state index in [4.69, 9.17) is 35.9 Å². The van der Waals surface area contributed by atoms with Crippen molar-refractivity contribution in [1.29, 1.82) is 0 Å². The average molecular weight is 1450 g/mol. The fraction of sp³-hybridized carbons (Fsp3) is 0.0625. The molecule has 0 saturated carbocycles. The van der Waals surface area contributed by atoms with Gasteiger partial charge in [-0.3, -0.25) is 0 Å². The molecule has 0 aliphatic carbocycles. The van der Waals surface area contributed by atoms with E-state index in [1.807, 2.05) is 168 Å². The van der Waals surface area contributed by atoms with Crippen LogP contribution in [0.1, 0.15) is 27.7 Å². The Morgan fingerprint density at radius 1 is 0.241 bits per heavy atom. The summed E-state index contributed by atoms with van der Waals surface area (Å²) in [7, 11) is -0.369. The second-order valence-corrected chi connectivity index (χ2v) is 30.1. The van der Waals surface area contributed by atoms with E-state index in [0.717, 1.165) is 44.4 Å². The summed E-state index contributed by atoms with van der Waals surface area (Å²) in [6, 6.07) is 121. The molecule has 518 valence electrons. The van der Waals surface area contributed by atoms with Gasteiger partial charge in [-0.2, -0.15) is 0 Å². The lowest BCUT2D eigenvalue weighted by atomic mass is 9.78. The third-order valence-electron chi connectivity index (χ3n) is 20.1. The number of thiophene rings is 2. The summed E-state index contributed by atoms with van der Waals surface area (Å²) in [5, 5.41) is 5.73. The molecule has 0 N–H and O–H groups in total. The topological polar surface area (TPSA) is 95.8 Å². The minimum Gasteiger partial charge on any atom is -0.399 e. The first kappa shape index (κ1) is 68.9. The van der Waals surface area contributed by atoms with Gasteiger partial charge in [0.2, 0.25) is 0 Å². The Labute approximate surface area is 641 Å². The molecule has 1 aliphatic heterocycles. The summed E-state index contributed by atoms with van der Waals surface area (Å²) < 4.78 is 17.9. The van der Waals surface area contributed by atoms with Gasteiger partial charge in [-0.15, -0.1) is 22.7 Å². The largest absolute Gasteiger partial charge is 0.496 e. The van der Waals surface area contributed by atoms with Gasteiger partial charge >= 0.3 is 7.12 Å². The Hall–Kier alpha value is -12.2. The van der Waals surface area contributed by atoms with Crippen LogP contribution in [0.3, 0.4) is 0 Å². The normalized spacial score (nSPS) is 12.9. The van der Waals surface area contributed by atoms with E-state index in [2.05, 4.69) is 249 Å². The number of aromatic nitrogens is 6. The van der Waals surface area contributed by atoms with Crippen LogP contribution in [0.5, 0.6) is 0 Å². The Kier molecular flexibility index (Phi) is 19.1. The minimum absolute atomic E-state index is 0.362. The Morgan fingerprint density at radius 3 is 0.843 bits per heavy atom. The Morgan fingerprint density at radius 2 is 0.491 bits per heavy atom. The molecule has 5 heterocycles. The summed E-state index contributed by atoms with van der Waals surface area (Å²) in [6.45, 7) is 8.43. The van der Waals surface area contributed by atoms with E-state index in [0.29, 0.717) is 40.0 Å². The van der Waals surface area contributed by atoms with Crippen molar-refractivity contribution in [3.05, 3.63) is 357 Å². The van der Waals surface area contributed by atoms with Crippen molar-refractivity contribution in [2.24, 2.45) is 0 Å². The number of halogens is 1. The van der Waals surface area contributed by atoms with Crippen molar-refractivity contribution < 1.29 is 9.31 Å². The molecule has 0 bridgehead atoms. The number of rotatable bonds is 12. The van der Waals surface area contributed by atoms with Crippen molar-refractivity contribution in [1.82, 2.24) is 29.9 Å². The minimum atomic E-state index is -0.369. The van der Waals surface area contributed by atoms with Crippen molar-refractivity contribution in [3.8, 4) is 124 Å².